The van der Waals surface area contributed by atoms with Crippen LogP contribution in [0.1, 0.15) is 47.4 Å². The molecule has 142 valence electrons. The summed E-state index contributed by atoms with van der Waals surface area (Å²) in [6.45, 7) is 4.30. The summed E-state index contributed by atoms with van der Waals surface area (Å²) in [4.78, 5) is 15.2. The van der Waals surface area contributed by atoms with Gasteiger partial charge in [-0.1, -0.05) is 67.4 Å². The van der Waals surface area contributed by atoms with E-state index in [2.05, 4.69) is 31.3 Å². The van der Waals surface area contributed by atoms with Gasteiger partial charge in [0.25, 0.3) is 5.91 Å². The number of amides is 1. The average molecular weight is 411 g/mol. The van der Waals surface area contributed by atoms with Crippen molar-refractivity contribution in [1.82, 2.24) is 0 Å². The highest BCUT2D eigenvalue weighted by Gasteiger charge is 2.35. The third-order valence-electron chi connectivity index (χ3n) is 5.02. The predicted octanol–water partition coefficient (Wildman–Crippen LogP) is 6.89. The number of nitrogens with zero attached hydrogens (tertiary/aromatic N) is 1. The monoisotopic (exact) mass is 410 g/mol. The molecule has 0 radical (unpaired) electrons. The van der Waals surface area contributed by atoms with E-state index in [1.807, 2.05) is 42.5 Å². The van der Waals surface area contributed by atoms with E-state index in [4.69, 9.17) is 23.2 Å². The molecule has 1 heterocycles. The van der Waals surface area contributed by atoms with Crippen molar-refractivity contribution >= 4 is 40.5 Å². The largest absolute Gasteiger partial charge is 0.360 e. The molecule has 3 nitrogen and oxygen atoms in total. The number of hydrogen-bond donors (Lipinski definition) is 1. The highest BCUT2D eigenvalue weighted by atomic mass is 35.5. The quantitative estimate of drug-likeness (QED) is 0.509. The SMILES string of the molecule is CC(C)c1ccc(N2C(=O)c3ccccc3NC2c2ccc(Cl)cc2Cl)cc1. The first kappa shape index (κ1) is 18.9. The molecule has 0 fully saturated rings. The van der Waals surface area contributed by atoms with Crippen molar-refractivity contribution < 1.29 is 4.79 Å². The van der Waals surface area contributed by atoms with Crippen LogP contribution in [-0.4, -0.2) is 5.91 Å². The molecule has 0 aromatic heterocycles. The zero-order valence-electron chi connectivity index (χ0n) is 15.6. The Labute approximate surface area is 174 Å². The highest BCUT2D eigenvalue weighted by molar-refractivity contribution is 6.35. The lowest BCUT2D eigenvalue weighted by atomic mass is 10.00. The van der Waals surface area contributed by atoms with E-state index in [-0.39, 0.29) is 5.91 Å². The Hall–Kier alpha value is -2.49. The maximum Gasteiger partial charge on any atom is 0.262 e. The van der Waals surface area contributed by atoms with Crippen LogP contribution in [-0.2, 0) is 0 Å². The first-order valence-corrected chi connectivity index (χ1v) is 9.95. The van der Waals surface area contributed by atoms with Crippen molar-refractivity contribution in [3.05, 3.63) is 93.5 Å². The molecule has 28 heavy (non-hydrogen) atoms. The fourth-order valence-electron chi connectivity index (χ4n) is 3.48. The molecule has 1 unspecified atom stereocenters. The second-order valence-electron chi connectivity index (χ2n) is 7.18. The molecule has 5 heteroatoms. The van der Waals surface area contributed by atoms with Gasteiger partial charge in [0.05, 0.1) is 5.56 Å². The van der Waals surface area contributed by atoms with Crippen molar-refractivity contribution in [3.8, 4) is 0 Å². The van der Waals surface area contributed by atoms with Crippen molar-refractivity contribution in [2.75, 3.05) is 10.2 Å². The molecule has 3 aromatic carbocycles. The van der Waals surface area contributed by atoms with Gasteiger partial charge >= 0.3 is 0 Å². The van der Waals surface area contributed by atoms with Crippen LogP contribution in [0.3, 0.4) is 0 Å². The summed E-state index contributed by atoms with van der Waals surface area (Å²) in [6.07, 6.45) is -0.433. The number of halogens is 2. The van der Waals surface area contributed by atoms with Crippen molar-refractivity contribution in [2.24, 2.45) is 0 Å². The minimum Gasteiger partial charge on any atom is -0.360 e. The Kier molecular flexibility index (Phi) is 5.05. The maximum atomic E-state index is 13.4. The molecule has 1 aliphatic heterocycles. The van der Waals surface area contributed by atoms with E-state index < -0.39 is 6.17 Å². The zero-order valence-corrected chi connectivity index (χ0v) is 17.1. The van der Waals surface area contributed by atoms with Gasteiger partial charge in [-0.15, -0.1) is 0 Å². The molecule has 0 aliphatic carbocycles. The number of rotatable bonds is 3. The number of anilines is 2. The Bertz CT molecular complexity index is 1030. The first-order chi connectivity index (χ1) is 13.5. The van der Waals surface area contributed by atoms with Crippen molar-refractivity contribution in [3.63, 3.8) is 0 Å². The normalized spacial score (nSPS) is 16.1. The number of benzene rings is 3. The average Bonchev–Trinajstić information content (AvgIpc) is 2.68. The van der Waals surface area contributed by atoms with Crippen LogP contribution in [0.2, 0.25) is 10.0 Å². The van der Waals surface area contributed by atoms with E-state index in [9.17, 15) is 4.79 Å². The molecule has 4 rings (SSSR count). The van der Waals surface area contributed by atoms with Gasteiger partial charge in [0, 0.05) is 27.0 Å². The molecule has 0 saturated heterocycles. The molecule has 0 saturated carbocycles. The molecule has 0 spiro atoms. The highest BCUT2D eigenvalue weighted by Crippen LogP contribution is 2.39. The van der Waals surface area contributed by atoms with Gasteiger partial charge in [0.2, 0.25) is 0 Å². The summed E-state index contributed by atoms with van der Waals surface area (Å²) in [5, 5.41) is 4.54. The van der Waals surface area contributed by atoms with E-state index in [1.54, 1.807) is 17.0 Å². The molecule has 3 aromatic rings. The third kappa shape index (κ3) is 3.36. The summed E-state index contributed by atoms with van der Waals surface area (Å²) >= 11 is 12.6. The van der Waals surface area contributed by atoms with Gasteiger partial charge < -0.3 is 5.32 Å². The summed E-state index contributed by atoms with van der Waals surface area (Å²) in [5.41, 5.74) is 4.26. The molecule has 1 amide bonds. The minimum atomic E-state index is -0.433. The van der Waals surface area contributed by atoms with Gasteiger partial charge in [-0.3, -0.25) is 9.69 Å². The van der Waals surface area contributed by atoms with Crippen LogP contribution in [0.4, 0.5) is 11.4 Å². The van der Waals surface area contributed by atoms with Gasteiger partial charge in [0.1, 0.15) is 6.17 Å². The van der Waals surface area contributed by atoms with Gasteiger partial charge in [-0.05, 0) is 47.9 Å². The number of carbonyl (C=O) groups excluding carboxylic acids is 1. The van der Waals surface area contributed by atoms with Gasteiger partial charge in [-0.2, -0.15) is 0 Å². The fraction of sp³-hybridized carbons (Fsp3) is 0.174. The second kappa shape index (κ2) is 7.50. The Morgan fingerprint density at radius 3 is 2.36 bits per heavy atom. The van der Waals surface area contributed by atoms with Crippen molar-refractivity contribution in [1.29, 1.82) is 0 Å². The summed E-state index contributed by atoms with van der Waals surface area (Å²) < 4.78 is 0. The number of nitrogens with one attached hydrogen (secondary N) is 1. The zero-order chi connectivity index (χ0) is 19.8. The maximum absolute atomic E-state index is 13.4. The lowest BCUT2D eigenvalue weighted by Crippen LogP contribution is -2.43. The van der Waals surface area contributed by atoms with E-state index in [0.29, 0.717) is 21.5 Å². The summed E-state index contributed by atoms with van der Waals surface area (Å²) in [6, 6.07) is 21.0. The Morgan fingerprint density at radius 1 is 0.964 bits per heavy atom. The van der Waals surface area contributed by atoms with Crippen LogP contribution >= 0.6 is 23.2 Å². The minimum absolute atomic E-state index is 0.0670. The van der Waals surface area contributed by atoms with E-state index in [1.165, 1.54) is 5.56 Å². The van der Waals surface area contributed by atoms with Gasteiger partial charge in [-0.25, -0.2) is 0 Å². The molecular formula is C23H20Cl2N2O. The van der Waals surface area contributed by atoms with Gasteiger partial charge in [0.15, 0.2) is 0 Å². The standard InChI is InChI=1S/C23H20Cl2N2O/c1-14(2)15-7-10-17(11-8-15)27-22(18-12-9-16(24)13-20(18)25)26-21-6-4-3-5-19(21)23(27)28/h3-14,22,26H,1-2H3. The lowest BCUT2D eigenvalue weighted by Gasteiger charge is -2.38. The van der Waals surface area contributed by atoms with Crippen LogP contribution in [0.15, 0.2) is 66.7 Å². The molecule has 1 aliphatic rings. The topological polar surface area (TPSA) is 32.3 Å². The number of carbonyl (C=O) groups is 1. The lowest BCUT2D eigenvalue weighted by molar-refractivity contribution is 0.0975. The summed E-state index contributed by atoms with van der Waals surface area (Å²) in [5.74, 6) is 0.356. The van der Waals surface area contributed by atoms with E-state index >= 15 is 0 Å². The van der Waals surface area contributed by atoms with Crippen LogP contribution in [0, 0.1) is 0 Å². The number of para-hydroxylation sites is 1. The van der Waals surface area contributed by atoms with E-state index in [0.717, 1.165) is 16.9 Å². The molecule has 1 N–H and O–H groups in total. The van der Waals surface area contributed by atoms with Crippen LogP contribution in [0.25, 0.3) is 0 Å². The third-order valence-corrected chi connectivity index (χ3v) is 5.58. The fourth-order valence-corrected chi connectivity index (χ4v) is 3.99. The second-order valence-corrected chi connectivity index (χ2v) is 8.02. The van der Waals surface area contributed by atoms with Crippen LogP contribution < -0.4 is 10.2 Å². The van der Waals surface area contributed by atoms with Crippen molar-refractivity contribution in [2.45, 2.75) is 25.9 Å². The first-order valence-electron chi connectivity index (χ1n) is 9.19. The molecule has 1 atom stereocenters. The smallest absolute Gasteiger partial charge is 0.262 e. The summed E-state index contributed by atoms with van der Waals surface area (Å²) in [7, 11) is 0. The Balaban J connectivity index is 1.84. The molecular weight excluding hydrogens is 391 g/mol. The van der Waals surface area contributed by atoms with Crippen LogP contribution in [0.5, 0.6) is 0 Å². The number of fused-ring (bicyclic) bond motifs is 1. The predicted molar refractivity (Wildman–Crippen MR) is 117 cm³/mol. The molecule has 0 bridgehead atoms. The number of hydrogen-bond acceptors (Lipinski definition) is 2. The Morgan fingerprint density at radius 2 is 1.68 bits per heavy atom.